The number of nitrogens with zero attached hydrogens (tertiary/aromatic N) is 2. The fraction of sp³-hybridized carbons (Fsp3) is 0.682. The molecule has 1 heterocycles. The average molecular weight is 343 g/mol. The summed E-state index contributed by atoms with van der Waals surface area (Å²) >= 11 is 0. The molecule has 0 radical (unpaired) electrons. The van der Waals surface area contributed by atoms with E-state index in [4.69, 9.17) is 0 Å². The predicted octanol–water partition coefficient (Wildman–Crippen LogP) is 5.24. The number of rotatable bonds is 5. The molecule has 3 rings (SSSR count). The van der Waals surface area contributed by atoms with Gasteiger partial charge < -0.3 is 9.80 Å². The zero-order chi connectivity index (χ0) is 17.8. The van der Waals surface area contributed by atoms with Crippen LogP contribution in [0.1, 0.15) is 65.7 Å². The van der Waals surface area contributed by atoms with Crippen molar-refractivity contribution in [3.8, 4) is 0 Å². The molecule has 3 nitrogen and oxygen atoms in total. The minimum absolute atomic E-state index is 0.228. The van der Waals surface area contributed by atoms with Crippen LogP contribution in [0.3, 0.4) is 0 Å². The van der Waals surface area contributed by atoms with Gasteiger partial charge in [0, 0.05) is 25.0 Å². The van der Waals surface area contributed by atoms with Gasteiger partial charge in [-0.3, -0.25) is 4.79 Å². The Morgan fingerprint density at radius 3 is 2.40 bits per heavy atom. The molecule has 1 unspecified atom stereocenters. The van der Waals surface area contributed by atoms with Gasteiger partial charge in [0.1, 0.15) is 0 Å². The van der Waals surface area contributed by atoms with E-state index in [-0.39, 0.29) is 5.92 Å². The minimum Gasteiger partial charge on any atom is -0.366 e. The smallest absolute Gasteiger partial charge is 0.230 e. The van der Waals surface area contributed by atoms with Crippen LogP contribution in [0.25, 0.3) is 0 Å². The highest BCUT2D eigenvalue weighted by Gasteiger charge is 2.35. The van der Waals surface area contributed by atoms with Gasteiger partial charge >= 0.3 is 0 Å². The molecular formula is C22H34N2O. The summed E-state index contributed by atoms with van der Waals surface area (Å²) in [7, 11) is 0. The number of carbonyl (C=O) groups excluding carboxylic acids is 1. The quantitative estimate of drug-likeness (QED) is 0.730. The van der Waals surface area contributed by atoms with Gasteiger partial charge in [0.25, 0.3) is 0 Å². The van der Waals surface area contributed by atoms with Crippen molar-refractivity contribution < 1.29 is 4.79 Å². The van der Waals surface area contributed by atoms with E-state index in [2.05, 4.69) is 54.8 Å². The monoisotopic (exact) mass is 342 g/mol. The van der Waals surface area contributed by atoms with Crippen LogP contribution in [0.4, 0.5) is 11.4 Å². The number of carbonyl (C=O) groups is 1. The molecular weight excluding hydrogens is 308 g/mol. The zero-order valence-corrected chi connectivity index (χ0v) is 16.2. The van der Waals surface area contributed by atoms with E-state index in [1.807, 2.05) is 0 Å². The SMILES string of the molecule is CCCCC1CCC(C(=O)N2CC(C)N(CC)c3ccccc32)CC1. The molecule has 138 valence electrons. The molecule has 1 aromatic rings. The highest BCUT2D eigenvalue weighted by atomic mass is 16.2. The van der Waals surface area contributed by atoms with Gasteiger partial charge in [-0.05, 0) is 57.6 Å². The maximum absolute atomic E-state index is 13.3. The second-order valence-electron chi connectivity index (χ2n) is 7.93. The van der Waals surface area contributed by atoms with E-state index in [9.17, 15) is 4.79 Å². The Labute approximate surface area is 153 Å². The summed E-state index contributed by atoms with van der Waals surface area (Å²) in [5.74, 6) is 1.45. The number of hydrogen-bond acceptors (Lipinski definition) is 2. The first-order valence-electron chi connectivity index (χ1n) is 10.3. The zero-order valence-electron chi connectivity index (χ0n) is 16.2. The van der Waals surface area contributed by atoms with Crippen molar-refractivity contribution in [3.63, 3.8) is 0 Å². The third-order valence-corrected chi connectivity index (χ3v) is 6.23. The number of amides is 1. The number of fused-ring (bicyclic) bond motifs is 1. The van der Waals surface area contributed by atoms with Crippen LogP contribution in [0.5, 0.6) is 0 Å². The average Bonchev–Trinajstić information content (AvgIpc) is 2.65. The van der Waals surface area contributed by atoms with Crippen LogP contribution in [-0.2, 0) is 4.79 Å². The molecule has 0 saturated heterocycles. The third kappa shape index (κ3) is 3.86. The van der Waals surface area contributed by atoms with Gasteiger partial charge in [0.05, 0.1) is 11.4 Å². The number of para-hydroxylation sites is 2. The van der Waals surface area contributed by atoms with Crippen molar-refractivity contribution >= 4 is 17.3 Å². The summed E-state index contributed by atoms with van der Waals surface area (Å²) in [6, 6.07) is 8.81. The largest absolute Gasteiger partial charge is 0.366 e. The summed E-state index contributed by atoms with van der Waals surface area (Å²) in [5.41, 5.74) is 2.33. The van der Waals surface area contributed by atoms with E-state index in [1.54, 1.807) is 0 Å². The molecule has 0 spiro atoms. The molecule has 1 aromatic carbocycles. The lowest BCUT2D eigenvalue weighted by atomic mass is 9.79. The molecule has 0 N–H and O–H groups in total. The van der Waals surface area contributed by atoms with Gasteiger partial charge in [0.2, 0.25) is 5.91 Å². The highest BCUT2D eigenvalue weighted by Crippen LogP contribution is 2.38. The molecule has 1 saturated carbocycles. The van der Waals surface area contributed by atoms with Crippen molar-refractivity contribution in [1.29, 1.82) is 0 Å². The molecule has 1 atom stereocenters. The first-order valence-corrected chi connectivity index (χ1v) is 10.3. The predicted molar refractivity (Wildman–Crippen MR) is 106 cm³/mol. The lowest BCUT2D eigenvalue weighted by Crippen LogP contribution is -2.51. The molecule has 1 fully saturated rings. The van der Waals surface area contributed by atoms with Gasteiger partial charge in [0.15, 0.2) is 0 Å². The second-order valence-corrected chi connectivity index (χ2v) is 7.93. The Morgan fingerprint density at radius 2 is 1.76 bits per heavy atom. The highest BCUT2D eigenvalue weighted by molar-refractivity contribution is 5.99. The maximum Gasteiger partial charge on any atom is 0.230 e. The van der Waals surface area contributed by atoms with Gasteiger partial charge in [-0.2, -0.15) is 0 Å². The normalized spacial score (nSPS) is 26.4. The van der Waals surface area contributed by atoms with Crippen LogP contribution in [0.15, 0.2) is 24.3 Å². The standard InChI is InChI=1S/C22H34N2O/c1-4-6-9-18-12-14-19(15-13-18)22(25)24-16-17(3)23(5-2)20-10-7-8-11-21(20)24/h7-8,10-11,17-19H,4-6,9,12-16H2,1-3H3. The molecule has 0 bridgehead atoms. The van der Waals surface area contributed by atoms with Crippen molar-refractivity contribution in [3.05, 3.63) is 24.3 Å². The van der Waals surface area contributed by atoms with Crippen LogP contribution < -0.4 is 9.80 Å². The molecule has 3 heteroatoms. The fourth-order valence-electron chi connectivity index (χ4n) is 4.74. The molecule has 0 aromatic heterocycles. The molecule has 1 aliphatic carbocycles. The Balaban J connectivity index is 1.70. The molecule has 2 aliphatic rings. The number of unbranched alkanes of at least 4 members (excludes halogenated alkanes) is 1. The minimum atomic E-state index is 0.228. The van der Waals surface area contributed by atoms with E-state index >= 15 is 0 Å². The Morgan fingerprint density at radius 1 is 1.08 bits per heavy atom. The van der Waals surface area contributed by atoms with Crippen LogP contribution >= 0.6 is 0 Å². The van der Waals surface area contributed by atoms with Gasteiger partial charge in [-0.25, -0.2) is 0 Å². The first kappa shape index (κ1) is 18.3. The summed E-state index contributed by atoms with van der Waals surface area (Å²) in [4.78, 5) is 17.8. The van der Waals surface area contributed by atoms with E-state index in [0.29, 0.717) is 11.9 Å². The van der Waals surface area contributed by atoms with E-state index in [1.165, 1.54) is 37.8 Å². The Kier molecular flexibility index (Phi) is 6.03. The molecule has 1 aliphatic heterocycles. The number of likely N-dealkylation sites (N-methyl/N-ethyl adjacent to an activating group) is 1. The van der Waals surface area contributed by atoms with Crippen molar-refractivity contribution in [2.45, 2.75) is 71.8 Å². The molecule has 25 heavy (non-hydrogen) atoms. The van der Waals surface area contributed by atoms with E-state index < -0.39 is 0 Å². The number of anilines is 2. The van der Waals surface area contributed by atoms with Crippen LogP contribution in [0.2, 0.25) is 0 Å². The summed E-state index contributed by atoms with van der Waals surface area (Å²) < 4.78 is 0. The summed E-state index contributed by atoms with van der Waals surface area (Å²) in [6.45, 7) is 8.51. The summed E-state index contributed by atoms with van der Waals surface area (Å²) in [6.07, 6.45) is 8.62. The number of hydrogen-bond donors (Lipinski definition) is 0. The van der Waals surface area contributed by atoms with Crippen molar-refractivity contribution in [2.75, 3.05) is 22.9 Å². The third-order valence-electron chi connectivity index (χ3n) is 6.23. The van der Waals surface area contributed by atoms with Gasteiger partial charge in [-0.15, -0.1) is 0 Å². The molecule has 1 amide bonds. The number of benzene rings is 1. The van der Waals surface area contributed by atoms with Crippen LogP contribution in [-0.4, -0.2) is 25.0 Å². The first-order chi connectivity index (χ1) is 12.2. The van der Waals surface area contributed by atoms with E-state index in [0.717, 1.165) is 37.5 Å². The Hall–Kier alpha value is -1.51. The van der Waals surface area contributed by atoms with Gasteiger partial charge in [-0.1, -0.05) is 38.3 Å². The van der Waals surface area contributed by atoms with Crippen molar-refractivity contribution in [2.24, 2.45) is 11.8 Å². The second kappa shape index (κ2) is 8.25. The lowest BCUT2D eigenvalue weighted by Gasteiger charge is -2.43. The maximum atomic E-state index is 13.3. The van der Waals surface area contributed by atoms with Crippen LogP contribution in [0, 0.1) is 11.8 Å². The topological polar surface area (TPSA) is 23.6 Å². The lowest BCUT2D eigenvalue weighted by molar-refractivity contribution is -0.123. The van der Waals surface area contributed by atoms with Crippen molar-refractivity contribution in [1.82, 2.24) is 0 Å². The summed E-state index contributed by atoms with van der Waals surface area (Å²) in [5, 5.41) is 0. The Bertz CT molecular complexity index is 577. The fourth-order valence-corrected chi connectivity index (χ4v) is 4.74.